The van der Waals surface area contributed by atoms with Gasteiger partial charge in [-0.3, -0.25) is 4.79 Å². The Morgan fingerprint density at radius 3 is 2.46 bits per heavy atom. The molecule has 13 heavy (non-hydrogen) atoms. The van der Waals surface area contributed by atoms with Gasteiger partial charge >= 0.3 is 0 Å². The number of hydrogen-bond acceptors (Lipinski definition) is 4. The average molecular weight is 191 g/mol. The lowest BCUT2D eigenvalue weighted by Crippen LogP contribution is -2.17. The molecule has 0 radical (unpaired) electrons. The fraction of sp³-hybridized carbons (Fsp3) is 0.889. The Labute approximate surface area is 80.9 Å². The smallest absolute Gasteiger partial charge is 0.160 e. The summed E-state index contributed by atoms with van der Waals surface area (Å²) in [6, 6.07) is 0. The molecular weight excluding hydrogens is 170 g/mol. The van der Waals surface area contributed by atoms with E-state index < -0.39 is 0 Å². The highest BCUT2D eigenvalue weighted by atomic mass is 16.5. The van der Waals surface area contributed by atoms with Gasteiger partial charge in [0.1, 0.15) is 6.61 Å². The first-order valence-electron chi connectivity index (χ1n) is 4.56. The lowest BCUT2D eigenvalue weighted by atomic mass is 10.1. The summed E-state index contributed by atoms with van der Waals surface area (Å²) in [5, 5.41) is 0. The lowest BCUT2D eigenvalue weighted by Gasteiger charge is -2.05. The highest BCUT2D eigenvalue weighted by Crippen LogP contribution is 1.94. The Bertz CT molecular complexity index is 142. The molecule has 0 atom stereocenters. The predicted octanol–water partition coefficient (Wildman–Crippen LogP) is 0.449. The van der Waals surface area contributed by atoms with Gasteiger partial charge in [0.2, 0.25) is 0 Å². The summed E-state index contributed by atoms with van der Waals surface area (Å²) >= 11 is 0. The molecule has 0 heterocycles. The molecule has 0 aromatic rings. The third kappa shape index (κ3) is 7.90. The summed E-state index contributed by atoms with van der Waals surface area (Å²) in [5.74, 6) is 0.170. The molecule has 0 aromatic carbocycles. The minimum absolute atomic E-state index is 0. The van der Waals surface area contributed by atoms with Crippen LogP contribution in [0.1, 0.15) is 15.3 Å². The van der Waals surface area contributed by atoms with Gasteiger partial charge in [0, 0.05) is 13.9 Å². The number of hydrogen-bond donors (Lipinski definition) is 1. The zero-order chi connectivity index (χ0) is 10.1. The molecule has 2 N–H and O–H groups in total. The van der Waals surface area contributed by atoms with Gasteiger partial charge in [0.15, 0.2) is 5.78 Å². The molecule has 0 aliphatic carbocycles. The molecule has 0 rings (SSSR count). The summed E-state index contributed by atoms with van der Waals surface area (Å²) in [5.41, 5.74) is 5.21. The average Bonchev–Trinajstić information content (AvgIpc) is 2.10. The molecule has 80 valence electrons. The summed E-state index contributed by atoms with van der Waals surface area (Å²) in [6.45, 7) is 5.92. The first-order chi connectivity index (χ1) is 6.18. The maximum absolute atomic E-state index is 11.0. The van der Waals surface area contributed by atoms with Crippen LogP contribution in [0.3, 0.4) is 0 Å². The summed E-state index contributed by atoms with van der Waals surface area (Å²) in [6.07, 6.45) is 0. The van der Waals surface area contributed by atoms with Crippen molar-refractivity contribution in [2.75, 3.05) is 33.0 Å². The minimum atomic E-state index is 0. The van der Waals surface area contributed by atoms with Crippen molar-refractivity contribution in [1.82, 2.24) is 0 Å². The Hall–Kier alpha value is -0.450. The van der Waals surface area contributed by atoms with Gasteiger partial charge in [-0.25, -0.2) is 0 Å². The van der Waals surface area contributed by atoms with E-state index >= 15 is 0 Å². The van der Waals surface area contributed by atoms with E-state index in [1.54, 1.807) is 0 Å². The molecule has 0 aliphatic rings. The van der Waals surface area contributed by atoms with E-state index in [2.05, 4.69) is 0 Å². The van der Waals surface area contributed by atoms with E-state index in [1.165, 1.54) is 0 Å². The SMILES string of the molecule is CC(C)C(=O)COCCOCCN.[HH]. The first-order valence-corrected chi connectivity index (χ1v) is 4.56. The molecule has 0 unspecified atom stereocenters. The Morgan fingerprint density at radius 1 is 1.31 bits per heavy atom. The van der Waals surface area contributed by atoms with Crippen molar-refractivity contribution in [3.05, 3.63) is 0 Å². The van der Waals surface area contributed by atoms with Crippen molar-refractivity contribution in [1.29, 1.82) is 0 Å². The van der Waals surface area contributed by atoms with Gasteiger partial charge in [0.05, 0.1) is 19.8 Å². The number of Topliss-reactive ketones (excluding diaryl/α,β-unsaturated/α-hetero) is 1. The van der Waals surface area contributed by atoms with Gasteiger partial charge in [-0.1, -0.05) is 13.8 Å². The van der Waals surface area contributed by atoms with Crippen molar-refractivity contribution in [2.45, 2.75) is 13.8 Å². The van der Waals surface area contributed by atoms with Gasteiger partial charge in [-0.05, 0) is 0 Å². The maximum atomic E-state index is 11.0. The molecule has 0 fully saturated rings. The second-order valence-electron chi connectivity index (χ2n) is 3.07. The predicted molar refractivity (Wildman–Crippen MR) is 52.7 cm³/mol. The van der Waals surface area contributed by atoms with Crippen LogP contribution >= 0.6 is 0 Å². The third-order valence-corrected chi connectivity index (χ3v) is 1.52. The summed E-state index contributed by atoms with van der Waals surface area (Å²) < 4.78 is 10.2. The third-order valence-electron chi connectivity index (χ3n) is 1.52. The number of nitrogens with two attached hydrogens (primary N) is 1. The van der Waals surface area contributed by atoms with Crippen molar-refractivity contribution < 1.29 is 15.7 Å². The molecule has 0 amide bonds. The second-order valence-corrected chi connectivity index (χ2v) is 3.07. The zero-order valence-electron chi connectivity index (χ0n) is 8.41. The van der Waals surface area contributed by atoms with Crippen LogP contribution in [0, 0.1) is 5.92 Å². The van der Waals surface area contributed by atoms with Crippen LogP contribution in [0.4, 0.5) is 0 Å². The normalized spacial score (nSPS) is 10.8. The highest BCUT2D eigenvalue weighted by molar-refractivity contribution is 5.81. The van der Waals surface area contributed by atoms with Crippen LogP contribution in [-0.4, -0.2) is 38.8 Å². The maximum Gasteiger partial charge on any atom is 0.160 e. The van der Waals surface area contributed by atoms with Crippen LogP contribution in [0.25, 0.3) is 0 Å². The number of carbonyl (C=O) groups is 1. The van der Waals surface area contributed by atoms with Crippen molar-refractivity contribution in [2.24, 2.45) is 11.7 Å². The summed E-state index contributed by atoms with van der Waals surface area (Å²) in [4.78, 5) is 11.0. The fourth-order valence-corrected chi connectivity index (χ4v) is 0.643. The number of rotatable bonds is 8. The highest BCUT2D eigenvalue weighted by Gasteiger charge is 2.05. The van der Waals surface area contributed by atoms with E-state index in [1.807, 2.05) is 13.8 Å². The molecule has 4 nitrogen and oxygen atoms in total. The molecular formula is C9H21NO3. The number of carbonyl (C=O) groups excluding carboxylic acids is 1. The zero-order valence-corrected chi connectivity index (χ0v) is 8.41. The molecule has 0 saturated carbocycles. The Balaban J connectivity index is 0. The second kappa shape index (κ2) is 8.16. The molecule has 4 heteroatoms. The minimum Gasteiger partial charge on any atom is -0.378 e. The van der Waals surface area contributed by atoms with E-state index in [0.29, 0.717) is 26.4 Å². The van der Waals surface area contributed by atoms with E-state index in [4.69, 9.17) is 15.2 Å². The van der Waals surface area contributed by atoms with Crippen LogP contribution < -0.4 is 5.73 Å². The van der Waals surface area contributed by atoms with Crippen LogP contribution in [0.5, 0.6) is 0 Å². The van der Waals surface area contributed by atoms with Gasteiger partial charge in [-0.15, -0.1) is 0 Å². The molecule has 0 aliphatic heterocycles. The molecule has 0 spiro atoms. The fourth-order valence-electron chi connectivity index (χ4n) is 0.643. The van der Waals surface area contributed by atoms with Gasteiger partial charge in [0.25, 0.3) is 0 Å². The van der Waals surface area contributed by atoms with Crippen LogP contribution in [-0.2, 0) is 14.3 Å². The van der Waals surface area contributed by atoms with Crippen molar-refractivity contribution in [3.63, 3.8) is 0 Å². The monoisotopic (exact) mass is 191 g/mol. The summed E-state index contributed by atoms with van der Waals surface area (Å²) in [7, 11) is 0. The van der Waals surface area contributed by atoms with Crippen LogP contribution in [0.2, 0.25) is 0 Å². The molecule has 0 aromatic heterocycles. The van der Waals surface area contributed by atoms with Crippen LogP contribution in [0.15, 0.2) is 0 Å². The quantitative estimate of drug-likeness (QED) is 0.566. The largest absolute Gasteiger partial charge is 0.378 e. The number of ketones is 1. The molecule has 0 bridgehead atoms. The van der Waals surface area contributed by atoms with Crippen molar-refractivity contribution in [3.8, 4) is 0 Å². The van der Waals surface area contributed by atoms with E-state index in [9.17, 15) is 4.79 Å². The number of ether oxygens (including phenoxy) is 2. The topological polar surface area (TPSA) is 61.5 Å². The first kappa shape index (κ1) is 12.6. The van der Waals surface area contributed by atoms with Crippen molar-refractivity contribution >= 4 is 5.78 Å². The van der Waals surface area contributed by atoms with Gasteiger partial charge < -0.3 is 15.2 Å². The lowest BCUT2D eigenvalue weighted by molar-refractivity contribution is -0.127. The van der Waals surface area contributed by atoms with E-state index in [-0.39, 0.29) is 19.7 Å². The van der Waals surface area contributed by atoms with Gasteiger partial charge in [-0.2, -0.15) is 0 Å². The Morgan fingerprint density at radius 2 is 1.92 bits per heavy atom. The van der Waals surface area contributed by atoms with E-state index in [0.717, 1.165) is 0 Å². The molecule has 0 saturated heterocycles. The Kier molecular flexibility index (Phi) is 7.88. The standard InChI is InChI=1S/C9H19NO3.H2/c1-8(2)9(11)7-13-6-5-12-4-3-10;/h8H,3-7,10H2,1-2H3;1H.